The number of rotatable bonds is 5. The molecular weight excluding hydrogens is 645 g/mol. The number of halogens is 2. The summed E-state index contributed by atoms with van der Waals surface area (Å²) in [4.78, 5) is 21.7. The van der Waals surface area contributed by atoms with Crippen molar-refractivity contribution in [3.05, 3.63) is 75.5 Å². The molecule has 0 saturated heterocycles. The van der Waals surface area contributed by atoms with Crippen molar-refractivity contribution in [2.45, 2.75) is 25.8 Å². The Balaban J connectivity index is 1.54. The zero-order chi connectivity index (χ0) is 24.5. The van der Waals surface area contributed by atoms with Gasteiger partial charge in [0.2, 0.25) is 0 Å². The molecule has 35 heavy (non-hydrogen) atoms. The molecule has 1 aromatic carbocycles. The van der Waals surface area contributed by atoms with E-state index in [-0.39, 0.29) is 17.2 Å². The number of carbonyl (C=O) groups is 1. The van der Waals surface area contributed by atoms with E-state index in [0.29, 0.717) is 37.1 Å². The number of amides is 1. The molecule has 174 valence electrons. The van der Waals surface area contributed by atoms with Gasteiger partial charge in [0.15, 0.2) is 0 Å². The molecule has 0 atom stereocenters. The average molecular weight is 665 g/mol. The van der Waals surface area contributed by atoms with Crippen LogP contribution in [0.25, 0.3) is 28.3 Å². The van der Waals surface area contributed by atoms with Crippen LogP contribution in [0.1, 0.15) is 18.7 Å². The van der Waals surface area contributed by atoms with Gasteiger partial charge >= 0.3 is 162 Å². The Hall–Kier alpha value is -3.42. The van der Waals surface area contributed by atoms with E-state index in [2.05, 4.69) is 14.9 Å². The molecule has 3 aromatic heterocycles. The molecular formula is C24H20F2N7OTl. The fourth-order valence-electron chi connectivity index (χ4n) is 4.15. The van der Waals surface area contributed by atoms with Crippen molar-refractivity contribution >= 4 is 43.1 Å². The molecule has 0 spiro atoms. The molecule has 11 heteroatoms. The standard InChI is InChI=1S/C24H20F2N7O.Tl/c1-14(12-18(26)27)24(34)29-19-13-33-21(28-19)10-9-17(31-33)23-22(15-5-7-16(25)8-6-15)30-20-4-2-3-11-32(20)23;/h1,5-10,12-13H,2-4,11,27H2,(H,29,34);/b14-1?,18-12-;. The number of nitrogens with one attached hydrogen (secondary N) is 1. The van der Waals surface area contributed by atoms with Crippen molar-refractivity contribution < 1.29 is 13.6 Å². The Bertz CT molecular complexity index is 1480. The van der Waals surface area contributed by atoms with Gasteiger partial charge in [-0.15, -0.1) is 0 Å². The Labute approximate surface area is 215 Å². The predicted octanol–water partition coefficient (Wildman–Crippen LogP) is 3.50. The quantitative estimate of drug-likeness (QED) is 0.147. The molecule has 8 nitrogen and oxygen atoms in total. The van der Waals surface area contributed by atoms with Crippen LogP contribution in [0.4, 0.5) is 14.6 Å². The number of hydrogen-bond donors (Lipinski definition) is 2. The molecule has 0 fully saturated rings. The fourth-order valence-corrected chi connectivity index (χ4v) is 5.11. The zero-order valence-corrected chi connectivity index (χ0v) is 23.1. The minimum absolute atomic E-state index is 0.149. The third-order valence-electron chi connectivity index (χ3n) is 5.74. The summed E-state index contributed by atoms with van der Waals surface area (Å²) < 4.78 is 32.0. The number of aryl methyl sites for hydroxylation is 1. The molecule has 5 rings (SSSR count). The minimum atomic E-state index is -0.936. The van der Waals surface area contributed by atoms with E-state index in [1.807, 2.05) is 6.07 Å². The van der Waals surface area contributed by atoms with Gasteiger partial charge in [0, 0.05) is 6.42 Å². The topological polar surface area (TPSA) is 103 Å². The van der Waals surface area contributed by atoms with Crippen LogP contribution >= 0.6 is 0 Å². The van der Waals surface area contributed by atoms with Crippen LogP contribution in [0.15, 0.2) is 63.8 Å². The van der Waals surface area contributed by atoms with E-state index in [9.17, 15) is 13.6 Å². The summed E-state index contributed by atoms with van der Waals surface area (Å²) in [5.41, 5.74) is 8.86. The van der Waals surface area contributed by atoms with Crippen molar-refractivity contribution in [3.8, 4) is 22.6 Å². The molecule has 1 aliphatic rings. The van der Waals surface area contributed by atoms with Crippen molar-refractivity contribution in [2.75, 3.05) is 5.32 Å². The molecule has 4 aromatic rings. The van der Waals surface area contributed by atoms with Crippen molar-refractivity contribution in [1.29, 1.82) is 0 Å². The Morgan fingerprint density at radius 3 is 2.69 bits per heavy atom. The number of benzene rings is 1. The first-order chi connectivity index (χ1) is 16.9. The maximum atomic E-state index is 13.5. The maximum absolute atomic E-state index is 13.5. The van der Waals surface area contributed by atoms with Crippen LogP contribution in [0.3, 0.4) is 0 Å². The molecule has 0 bridgehead atoms. The average Bonchev–Trinajstić information content (AvgIpc) is 3.43. The summed E-state index contributed by atoms with van der Waals surface area (Å²) in [5, 5.41) is 7.40. The SMILES string of the molecule is N/C(F)=C\C(=[CH]/[Tl])C(=O)Nc1cn2nc(-c3c(-c4ccc(F)cc4)nc4n3CCCC4)ccc2n1. The second kappa shape index (κ2) is 9.68. The van der Waals surface area contributed by atoms with Gasteiger partial charge in [-0.1, -0.05) is 0 Å². The number of aromatic nitrogens is 5. The molecule has 0 unspecified atom stereocenters. The van der Waals surface area contributed by atoms with E-state index in [4.69, 9.17) is 15.8 Å². The summed E-state index contributed by atoms with van der Waals surface area (Å²) in [6.45, 7) is 0.825. The summed E-state index contributed by atoms with van der Waals surface area (Å²) in [6.07, 6.45) is 5.55. The molecule has 0 saturated carbocycles. The van der Waals surface area contributed by atoms with Crippen LogP contribution in [0.5, 0.6) is 0 Å². The van der Waals surface area contributed by atoms with E-state index in [1.54, 1.807) is 32.5 Å². The normalized spacial score (nSPS) is 14.2. The Morgan fingerprint density at radius 1 is 1.14 bits per heavy atom. The first-order valence-electron chi connectivity index (χ1n) is 11.0. The van der Waals surface area contributed by atoms with Crippen LogP contribution < -0.4 is 11.1 Å². The third kappa shape index (κ3) is 4.74. The Morgan fingerprint density at radius 2 is 1.94 bits per heavy atom. The van der Waals surface area contributed by atoms with Gasteiger partial charge in [0.25, 0.3) is 0 Å². The first-order valence-corrected chi connectivity index (χ1v) is 13.6. The number of fused-ring (bicyclic) bond motifs is 2. The predicted molar refractivity (Wildman–Crippen MR) is 128 cm³/mol. The number of hydrogen-bond acceptors (Lipinski definition) is 5. The summed E-state index contributed by atoms with van der Waals surface area (Å²) in [7, 11) is 0. The number of carbonyl (C=O) groups excluding carboxylic acids is 1. The van der Waals surface area contributed by atoms with Gasteiger partial charge in [-0.3, -0.25) is 0 Å². The summed E-state index contributed by atoms with van der Waals surface area (Å²) >= 11 is 0.346. The molecule has 3 N–H and O–H groups in total. The van der Waals surface area contributed by atoms with Gasteiger partial charge in [0.05, 0.1) is 0 Å². The fraction of sp³-hybridized carbons (Fsp3) is 0.167. The van der Waals surface area contributed by atoms with Gasteiger partial charge in [-0.25, -0.2) is 4.39 Å². The molecule has 0 aliphatic carbocycles. The van der Waals surface area contributed by atoms with Crippen molar-refractivity contribution in [1.82, 2.24) is 24.1 Å². The van der Waals surface area contributed by atoms with Gasteiger partial charge < -0.3 is 0 Å². The third-order valence-corrected chi connectivity index (χ3v) is 7.13. The molecule has 4 heterocycles. The van der Waals surface area contributed by atoms with Crippen molar-refractivity contribution in [3.63, 3.8) is 0 Å². The van der Waals surface area contributed by atoms with Crippen LogP contribution in [-0.4, -0.2) is 55.8 Å². The molecule has 0 radical (unpaired) electrons. The second-order valence-electron chi connectivity index (χ2n) is 8.09. The number of nitrogens with zero attached hydrogens (tertiary/aromatic N) is 5. The van der Waals surface area contributed by atoms with E-state index >= 15 is 0 Å². The first kappa shape index (κ1) is 23.3. The second-order valence-corrected chi connectivity index (χ2v) is 9.39. The van der Waals surface area contributed by atoms with E-state index < -0.39 is 11.9 Å². The van der Waals surface area contributed by atoms with Crippen molar-refractivity contribution in [2.24, 2.45) is 5.73 Å². The monoisotopic (exact) mass is 665 g/mol. The molecule has 1 aliphatic heterocycles. The zero-order valence-electron chi connectivity index (χ0n) is 18.6. The summed E-state index contributed by atoms with van der Waals surface area (Å²) in [5.74, 6) is -0.478. The summed E-state index contributed by atoms with van der Waals surface area (Å²) in [6, 6.07) is 9.95. The number of nitrogens with two attached hydrogens (primary N) is 1. The van der Waals surface area contributed by atoms with E-state index in [0.717, 1.165) is 54.7 Å². The number of anilines is 1. The Kier molecular flexibility index (Phi) is 6.45. The molecule has 1 amide bonds. The van der Waals surface area contributed by atoms with Crippen LogP contribution in [-0.2, 0) is 17.8 Å². The van der Waals surface area contributed by atoms with Gasteiger partial charge in [-0.05, 0) is 37.1 Å². The number of imidazole rings is 2. The van der Waals surface area contributed by atoms with Crippen LogP contribution in [0, 0.1) is 5.82 Å². The van der Waals surface area contributed by atoms with E-state index in [1.165, 1.54) is 12.1 Å². The van der Waals surface area contributed by atoms with Gasteiger partial charge in [0.1, 0.15) is 5.82 Å². The van der Waals surface area contributed by atoms with Crippen LogP contribution in [0.2, 0.25) is 0 Å². The van der Waals surface area contributed by atoms with Gasteiger partial charge in [-0.2, -0.15) is 0 Å².